The molecule has 1 aromatic heterocycles. The minimum atomic E-state index is -0.973. The molecule has 3 N–H and O–H groups in total. The Morgan fingerprint density at radius 1 is 1.29 bits per heavy atom. The molecule has 0 radical (unpaired) electrons. The Morgan fingerprint density at radius 3 is 2.76 bits per heavy atom. The molecule has 2 aliphatic rings. The number of carboxylic acid groups (broad SMARTS) is 1. The maximum Gasteiger partial charge on any atom is 0.407 e. The van der Waals surface area contributed by atoms with Gasteiger partial charge in [0.05, 0.1) is 6.61 Å². The Kier molecular flexibility index (Phi) is 10.9. The lowest BCUT2D eigenvalue weighted by Gasteiger charge is -2.37. The minimum absolute atomic E-state index is 0.00394. The van der Waals surface area contributed by atoms with Crippen LogP contribution in [0.25, 0.3) is 0 Å². The standard InChI is InChI=1S/C24H41N5O4S/c1-25-16-20(15-18-7-4-3-5-8-18)27-23(30)29-11-6-9-19(17-29)21(22-26-10-14-34-22)33-13-12-28(2)24(31)32/h10,14,18-21,25H,3-9,11-13,15-17H2,1-2H3,(H,27,30)(H,31,32)/t19-,20+,21-/m1/s1. The zero-order valence-corrected chi connectivity index (χ0v) is 21.4. The third-order valence-electron chi connectivity index (χ3n) is 7.04. The van der Waals surface area contributed by atoms with Gasteiger partial charge in [-0.1, -0.05) is 32.1 Å². The van der Waals surface area contributed by atoms with Crippen molar-refractivity contribution in [1.29, 1.82) is 0 Å². The molecule has 0 bridgehead atoms. The zero-order chi connectivity index (χ0) is 24.3. The van der Waals surface area contributed by atoms with Crippen LogP contribution in [0.15, 0.2) is 11.6 Å². The van der Waals surface area contributed by atoms with Gasteiger partial charge in [-0.15, -0.1) is 11.3 Å². The summed E-state index contributed by atoms with van der Waals surface area (Å²) in [6.45, 7) is 2.72. The largest absolute Gasteiger partial charge is 0.465 e. The van der Waals surface area contributed by atoms with E-state index < -0.39 is 6.09 Å². The van der Waals surface area contributed by atoms with Crippen molar-refractivity contribution in [3.63, 3.8) is 0 Å². The van der Waals surface area contributed by atoms with E-state index in [1.54, 1.807) is 17.5 Å². The Hall–Kier alpha value is -1.91. The third-order valence-corrected chi connectivity index (χ3v) is 7.88. The smallest absolute Gasteiger partial charge is 0.407 e. The number of urea groups is 1. The molecule has 1 aliphatic carbocycles. The Balaban J connectivity index is 1.58. The van der Waals surface area contributed by atoms with E-state index >= 15 is 0 Å². The fourth-order valence-corrected chi connectivity index (χ4v) is 5.95. The fraction of sp³-hybridized carbons (Fsp3) is 0.792. The van der Waals surface area contributed by atoms with Crippen LogP contribution in [0.1, 0.15) is 62.5 Å². The first-order valence-electron chi connectivity index (χ1n) is 12.6. The number of aromatic nitrogens is 1. The van der Waals surface area contributed by atoms with E-state index in [0.717, 1.165) is 37.4 Å². The van der Waals surface area contributed by atoms with Gasteiger partial charge in [0.15, 0.2) is 0 Å². The van der Waals surface area contributed by atoms with Gasteiger partial charge in [0, 0.05) is 56.8 Å². The van der Waals surface area contributed by atoms with Crippen LogP contribution in [0, 0.1) is 11.8 Å². The topological polar surface area (TPSA) is 107 Å². The van der Waals surface area contributed by atoms with E-state index in [1.165, 1.54) is 44.1 Å². The van der Waals surface area contributed by atoms with E-state index in [4.69, 9.17) is 9.84 Å². The summed E-state index contributed by atoms with van der Waals surface area (Å²) in [5.41, 5.74) is 0. The van der Waals surface area contributed by atoms with Crippen LogP contribution in [0.4, 0.5) is 9.59 Å². The van der Waals surface area contributed by atoms with E-state index in [0.29, 0.717) is 25.6 Å². The second-order valence-corrected chi connectivity index (χ2v) is 10.6. The first-order valence-corrected chi connectivity index (χ1v) is 13.5. The zero-order valence-electron chi connectivity index (χ0n) is 20.6. The van der Waals surface area contributed by atoms with Crippen LogP contribution in [0.2, 0.25) is 0 Å². The predicted octanol–water partition coefficient (Wildman–Crippen LogP) is 3.79. The molecular weight excluding hydrogens is 454 g/mol. The molecule has 1 saturated heterocycles. The summed E-state index contributed by atoms with van der Waals surface area (Å²) in [6.07, 6.45) is 9.93. The maximum atomic E-state index is 13.2. The fourth-order valence-electron chi connectivity index (χ4n) is 5.17. The lowest BCUT2D eigenvalue weighted by atomic mass is 9.85. The average molecular weight is 496 g/mol. The van der Waals surface area contributed by atoms with Gasteiger partial charge in [-0.3, -0.25) is 0 Å². The summed E-state index contributed by atoms with van der Waals surface area (Å²) in [5.74, 6) is 0.829. The number of amides is 3. The van der Waals surface area contributed by atoms with Gasteiger partial charge in [0.25, 0.3) is 0 Å². The third kappa shape index (κ3) is 8.09. The highest BCUT2D eigenvalue weighted by Crippen LogP contribution is 2.34. The minimum Gasteiger partial charge on any atom is -0.465 e. The van der Waals surface area contributed by atoms with E-state index in [2.05, 4.69) is 15.6 Å². The van der Waals surface area contributed by atoms with E-state index in [9.17, 15) is 9.59 Å². The second kappa shape index (κ2) is 13.8. The van der Waals surface area contributed by atoms with Crippen molar-refractivity contribution in [3.05, 3.63) is 16.6 Å². The van der Waals surface area contributed by atoms with Crippen LogP contribution in [-0.2, 0) is 4.74 Å². The lowest BCUT2D eigenvalue weighted by molar-refractivity contribution is -0.0156. The second-order valence-electron chi connectivity index (χ2n) is 9.66. The molecule has 3 amide bonds. The van der Waals surface area contributed by atoms with Crippen LogP contribution < -0.4 is 10.6 Å². The van der Waals surface area contributed by atoms with E-state index in [-0.39, 0.29) is 24.1 Å². The van der Waals surface area contributed by atoms with Crippen molar-refractivity contribution in [2.45, 2.75) is 63.5 Å². The quantitative estimate of drug-likeness (QED) is 0.431. The van der Waals surface area contributed by atoms with Gasteiger partial charge in [0.2, 0.25) is 0 Å². The molecule has 9 nitrogen and oxygen atoms in total. The molecule has 3 rings (SSSR count). The molecule has 2 heterocycles. The van der Waals surface area contributed by atoms with Crippen molar-refractivity contribution < 1.29 is 19.4 Å². The van der Waals surface area contributed by atoms with Crippen molar-refractivity contribution in [2.75, 3.05) is 46.9 Å². The van der Waals surface area contributed by atoms with Crippen LogP contribution in [0.5, 0.6) is 0 Å². The van der Waals surface area contributed by atoms with Crippen molar-refractivity contribution in [1.82, 2.24) is 25.4 Å². The van der Waals surface area contributed by atoms with Crippen LogP contribution in [0.3, 0.4) is 0 Å². The van der Waals surface area contributed by atoms with Gasteiger partial charge < -0.3 is 30.3 Å². The number of hydrogen-bond acceptors (Lipinski definition) is 6. The monoisotopic (exact) mass is 495 g/mol. The van der Waals surface area contributed by atoms with Gasteiger partial charge in [-0.25, -0.2) is 14.6 Å². The highest BCUT2D eigenvalue weighted by atomic mass is 32.1. The Labute approximate surface area is 207 Å². The molecule has 2 fully saturated rings. The molecule has 34 heavy (non-hydrogen) atoms. The van der Waals surface area contributed by atoms with Crippen molar-refractivity contribution in [3.8, 4) is 0 Å². The number of piperidine rings is 1. The molecule has 10 heteroatoms. The number of nitrogens with one attached hydrogen (secondary N) is 2. The average Bonchev–Trinajstić information content (AvgIpc) is 3.37. The molecule has 0 spiro atoms. The Bertz CT molecular complexity index is 744. The van der Waals surface area contributed by atoms with Gasteiger partial charge in [0.1, 0.15) is 11.1 Å². The molecule has 1 aliphatic heterocycles. The number of ether oxygens (including phenoxy) is 1. The summed E-state index contributed by atoms with van der Waals surface area (Å²) < 4.78 is 6.17. The number of thiazole rings is 1. The SMILES string of the molecule is CNC[C@H](CC1CCCCC1)NC(=O)N1CCC[C@@H]([C@@H](OCCN(C)C(=O)O)c2nccs2)C1. The number of likely N-dealkylation sites (tertiary alicyclic amines) is 1. The number of hydrogen-bond donors (Lipinski definition) is 3. The molecule has 0 aromatic carbocycles. The first kappa shape index (κ1) is 26.7. The van der Waals surface area contributed by atoms with Crippen LogP contribution in [-0.4, -0.2) is 84.9 Å². The first-order chi connectivity index (χ1) is 16.5. The molecule has 192 valence electrons. The maximum absolute atomic E-state index is 13.2. The molecule has 3 atom stereocenters. The number of carbonyl (C=O) groups excluding carboxylic acids is 1. The summed E-state index contributed by atoms with van der Waals surface area (Å²) in [7, 11) is 3.47. The van der Waals surface area contributed by atoms with Gasteiger partial charge in [-0.2, -0.15) is 0 Å². The van der Waals surface area contributed by atoms with Gasteiger partial charge in [-0.05, 0) is 32.2 Å². The molecule has 1 aromatic rings. The van der Waals surface area contributed by atoms with Crippen molar-refractivity contribution in [2.24, 2.45) is 11.8 Å². The normalized spacial score (nSPS) is 21.1. The summed E-state index contributed by atoms with van der Waals surface area (Å²) in [4.78, 5) is 31.9. The Morgan fingerprint density at radius 2 is 2.09 bits per heavy atom. The highest BCUT2D eigenvalue weighted by Gasteiger charge is 2.33. The number of rotatable bonds is 11. The molecule has 1 saturated carbocycles. The molecular formula is C24H41N5O4S. The predicted molar refractivity (Wildman–Crippen MR) is 133 cm³/mol. The van der Waals surface area contributed by atoms with E-state index in [1.807, 2.05) is 17.3 Å². The number of nitrogens with zero attached hydrogens (tertiary/aromatic N) is 3. The van der Waals surface area contributed by atoms with Crippen LogP contribution >= 0.6 is 11.3 Å². The lowest BCUT2D eigenvalue weighted by Crippen LogP contribution is -2.52. The summed E-state index contributed by atoms with van der Waals surface area (Å²) in [6, 6.07) is 0.141. The number of likely N-dealkylation sites (N-methyl/N-ethyl adjacent to an activating group) is 2. The molecule has 0 unspecified atom stereocenters. The summed E-state index contributed by atoms with van der Waals surface area (Å²) >= 11 is 1.54. The summed E-state index contributed by atoms with van der Waals surface area (Å²) in [5, 5.41) is 18.4. The van der Waals surface area contributed by atoms with Gasteiger partial charge >= 0.3 is 12.1 Å². The number of carbonyl (C=O) groups is 2. The highest BCUT2D eigenvalue weighted by molar-refractivity contribution is 7.09. The van der Waals surface area contributed by atoms with Crippen molar-refractivity contribution >= 4 is 23.5 Å².